The van der Waals surface area contributed by atoms with Gasteiger partial charge in [-0.2, -0.15) is 0 Å². The lowest BCUT2D eigenvalue weighted by Crippen LogP contribution is -2.26. The van der Waals surface area contributed by atoms with E-state index in [1.807, 2.05) is 24.3 Å². The maximum atomic E-state index is 11.2. The van der Waals surface area contributed by atoms with Crippen LogP contribution in [0.2, 0.25) is 0 Å². The molecule has 1 unspecified atom stereocenters. The summed E-state index contributed by atoms with van der Waals surface area (Å²) in [6, 6.07) is 8.11. The smallest absolute Gasteiger partial charge is 0.257 e. The number of hydrogen-bond donors (Lipinski definition) is 2. The minimum atomic E-state index is -0.124. The van der Waals surface area contributed by atoms with Crippen LogP contribution in [0.5, 0.6) is 5.75 Å². The van der Waals surface area contributed by atoms with Gasteiger partial charge in [-0.1, -0.05) is 32.0 Å². The Labute approximate surface area is 109 Å². The first-order valence-corrected chi connectivity index (χ1v) is 6.38. The summed E-state index contributed by atoms with van der Waals surface area (Å²) < 4.78 is 5.57. The van der Waals surface area contributed by atoms with Crippen LogP contribution in [-0.4, -0.2) is 26.1 Å². The van der Waals surface area contributed by atoms with Crippen molar-refractivity contribution in [3.63, 3.8) is 0 Å². The largest absolute Gasteiger partial charge is 0.483 e. The average molecular weight is 250 g/mol. The van der Waals surface area contributed by atoms with Crippen molar-refractivity contribution in [1.82, 2.24) is 10.6 Å². The van der Waals surface area contributed by atoms with Crippen LogP contribution >= 0.6 is 0 Å². The second-order valence-electron chi connectivity index (χ2n) is 4.02. The molecule has 1 aromatic carbocycles. The summed E-state index contributed by atoms with van der Waals surface area (Å²) in [5, 5.41) is 5.95. The Balaban J connectivity index is 2.80. The van der Waals surface area contributed by atoms with E-state index in [2.05, 4.69) is 24.5 Å². The number of nitrogens with one attached hydrogen (secondary N) is 2. The van der Waals surface area contributed by atoms with Crippen LogP contribution in [0.3, 0.4) is 0 Å². The van der Waals surface area contributed by atoms with E-state index in [-0.39, 0.29) is 18.6 Å². The maximum Gasteiger partial charge on any atom is 0.257 e. The molecule has 0 aromatic heterocycles. The summed E-state index contributed by atoms with van der Waals surface area (Å²) >= 11 is 0. The normalized spacial score (nSPS) is 11.9. The first kappa shape index (κ1) is 14.5. The molecule has 0 bridgehead atoms. The van der Waals surface area contributed by atoms with E-state index in [9.17, 15) is 4.79 Å². The zero-order valence-corrected chi connectivity index (χ0v) is 11.3. The third-order valence-corrected chi connectivity index (χ3v) is 2.79. The van der Waals surface area contributed by atoms with Crippen LogP contribution in [0, 0.1) is 0 Å². The molecule has 4 heteroatoms. The summed E-state index contributed by atoms with van der Waals surface area (Å²) in [6.07, 6.45) is 0.980. The minimum absolute atomic E-state index is 0.0517. The van der Waals surface area contributed by atoms with Gasteiger partial charge in [0.2, 0.25) is 0 Å². The third kappa shape index (κ3) is 4.04. The molecule has 1 atom stereocenters. The molecule has 0 heterocycles. The number of carbonyl (C=O) groups excluding carboxylic acids is 1. The van der Waals surface area contributed by atoms with Gasteiger partial charge in [-0.15, -0.1) is 0 Å². The Kier molecular flexibility index (Phi) is 6.22. The molecule has 2 N–H and O–H groups in total. The highest BCUT2D eigenvalue weighted by molar-refractivity contribution is 5.77. The van der Waals surface area contributed by atoms with Crippen LogP contribution in [0.25, 0.3) is 0 Å². The molecule has 4 nitrogen and oxygen atoms in total. The molecule has 0 radical (unpaired) electrons. The third-order valence-electron chi connectivity index (χ3n) is 2.79. The van der Waals surface area contributed by atoms with E-state index < -0.39 is 0 Å². The molecular formula is C14H22N2O2. The van der Waals surface area contributed by atoms with E-state index >= 15 is 0 Å². The van der Waals surface area contributed by atoms with Crippen molar-refractivity contribution in [2.75, 3.05) is 20.2 Å². The van der Waals surface area contributed by atoms with Crippen LogP contribution in [0.1, 0.15) is 31.9 Å². The fourth-order valence-corrected chi connectivity index (χ4v) is 1.84. The standard InChI is InChI=1S/C14H22N2O2/c1-4-12(16-5-2)11-8-6-7-9-13(11)18-10-14(17)15-3/h6-9,12,16H,4-5,10H2,1-3H3,(H,15,17). The van der Waals surface area contributed by atoms with Crippen LogP contribution in [0.15, 0.2) is 24.3 Å². The molecule has 0 aliphatic carbocycles. The summed E-state index contributed by atoms with van der Waals surface area (Å²) in [5.74, 6) is 0.648. The summed E-state index contributed by atoms with van der Waals surface area (Å²) in [4.78, 5) is 11.2. The van der Waals surface area contributed by atoms with Gasteiger partial charge in [0.1, 0.15) is 5.75 Å². The van der Waals surface area contributed by atoms with Crippen molar-refractivity contribution >= 4 is 5.91 Å². The Hall–Kier alpha value is -1.55. The topological polar surface area (TPSA) is 50.4 Å². The Morgan fingerprint density at radius 2 is 2.06 bits per heavy atom. The van der Waals surface area contributed by atoms with Gasteiger partial charge >= 0.3 is 0 Å². The molecule has 0 saturated carbocycles. The number of carbonyl (C=O) groups is 1. The van der Waals surface area contributed by atoms with Crippen molar-refractivity contribution in [3.05, 3.63) is 29.8 Å². The second-order valence-corrected chi connectivity index (χ2v) is 4.02. The highest BCUT2D eigenvalue weighted by Crippen LogP contribution is 2.26. The highest BCUT2D eigenvalue weighted by atomic mass is 16.5. The summed E-state index contributed by atoms with van der Waals surface area (Å²) in [7, 11) is 1.60. The molecule has 1 aromatic rings. The number of rotatable bonds is 7. The molecule has 0 spiro atoms. The molecule has 1 amide bonds. The van der Waals surface area contributed by atoms with Gasteiger partial charge in [0.05, 0.1) is 0 Å². The lowest BCUT2D eigenvalue weighted by Gasteiger charge is -2.19. The predicted octanol–water partition coefficient (Wildman–Crippen LogP) is 1.87. The van der Waals surface area contributed by atoms with E-state index in [4.69, 9.17) is 4.74 Å². The molecule has 0 aliphatic heterocycles. The second kappa shape index (κ2) is 7.71. The Morgan fingerprint density at radius 3 is 2.67 bits per heavy atom. The van der Waals surface area contributed by atoms with Crippen molar-refractivity contribution < 1.29 is 9.53 Å². The monoisotopic (exact) mass is 250 g/mol. The molecule has 1 rings (SSSR count). The first-order valence-electron chi connectivity index (χ1n) is 6.38. The van der Waals surface area contributed by atoms with Gasteiger partial charge in [0, 0.05) is 18.7 Å². The van der Waals surface area contributed by atoms with Gasteiger partial charge in [0.25, 0.3) is 5.91 Å². The lowest BCUT2D eigenvalue weighted by molar-refractivity contribution is -0.122. The minimum Gasteiger partial charge on any atom is -0.483 e. The van der Waals surface area contributed by atoms with E-state index in [0.29, 0.717) is 0 Å². The molecule has 18 heavy (non-hydrogen) atoms. The number of benzene rings is 1. The molecular weight excluding hydrogens is 228 g/mol. The van der Waals surface area contributed by atoms with Gasteiger partial charge in [-0.3, -0.25) is 4.79 Å². The fraction of sp³-hybridized carbons (Fsp3) is 0.500. The van der Waals surface area contributed by atoms with Gasteiger partial charge in [-0.25, -0.2) is 0 Å². The van der Waals surface area contributed by atoms with Crippen molar-refractivity contribution in [2.24, 2.45) is 0 Å². The van der Waals surface area contributed by atoms with Crippen molar-refractivity contribution in [2.45, 2.75) is 26.3 Å². The number of para-hydroxylation sites is 1. The lowest BCUT2D eigenvalue weighted by atomic mass is 10.0. The van der Waals surface area contributed by atoms with Crippen LogP contribution in [0.4, 0.5) is 0 Å². The number of ether oxygens (including phenoxy) is 1. The predicted molar refractivity (Wildman–Crippen MR) is 72.7 cm³/mol. The van der Waals surface area contributed by atoms with E-state index in [1.165, 1.54) is 0 Å². The fourth-order valence-electron chi connectivity index (χ4n) is 1.84. The summed E-state index contributed by atoms with van der Waals surface area (Å²) in [6.45, 7) is 5.16. The van der Waals surface area contributed by atoms with Gasteiger partial charge < -0.3 is 15.4 Å². The number of hydrogen-bond acceptors (Lipinski definition) is 3. The molecule has 100 valence electrons. The highest BCUT2D eigenvalue weighted by Gasteiger charge is 2.13. The van der Waals surface area contributed by atoms with E-state index in [0.717, 1.165) is 24.3 Å². The maximum absolute atomic E-state index is 11.2. The molecule has 0 saturated heterocycles. The zero-order chi connectivity index (χ0) is 13.4. The van der Waals surface area contributed by atoms with Crippen molar-refractivity contribution in [1.29, 1.82) is 0 Å². The first-order chi connectivity index (χ1) is 8.72. The van der Waals surface area contributed by atoms with E-state index in [1.54, 1.807) is 7.05 Å². The average Bonchev–Trinajstić information content (AvgIpc) is 2.42. The zero-order valence-electron chi connectivity index (χ0n) is 11.3. The van der Waals surface area contributed by atoms with Crippen LogP contribution < -0.4 is 15.4 Å². The molecule has 0 fully saturated rings. The van der Waals surface area contributed by atoms with Crippen molar-refractivity contribution in [3.8, 4) is 5.75 Å². The number of likely N-dealkylation sites (N-methyl/N-ethyl adjacent to an activating group) is 1. The number of amides is 1. The molecule has 0 aliphatic rings. The van der Waals surface area contributed by atoms with Gasteiger partial charge in [-0.05, 0) is 19.0 Å². The van der Waals surface area contributed by atoms with Crippen LogP contribution in [-0.2, 0) is 4.79 Å². The summed E-state index contributed by atoms with van der Waals surface area (Å²) in [5.41, 5.74) is 1.10. The van der Waals surface area contributed by atoms with Gasteiger partial charge in [0.15, 0.2) is 6.61 Å². The SMILES string of the molecule is CCNC(CC)c1ccccc1OCC(=O)NC. The Bertz CT molecular complexity index is 380. The Morgan fingerprint density at radius 1 is 1.33 bits per heavy atom. The quantitative estimate of drug-likeness (QED) is 0.776.